The normalized spacial score (nSPS) is 11.3. The highest BCUT2D eigenvalue weighted by molar-refractivity contribution is 9.11. The summed E-state index contributed by atoms with van der Waals surface area (Å²) in [7, 11) is 0. The maximum Gasteiger partial charge on any atom is 0.330 e. The van der Waals surface area contributed by atoms with Crippen LogP contribution in [-0.2, 0) is 19.1 Å². The molecule has 106 valence electrons. The fraction of sp³-hybridized carbons (Fsp3) is 0.154. The lowest BCUT2D eigenvalue weighted by atomic mass is 10.2. The molecule has 0 saturated carbocycles. The predicted octanol–water partition coefficient (Wildman–Crippen LogP) is 2.66. The van der Waals surface area contributed by atoms with E-state index in [1.54, 1.807) is 18.2 Å². The number of aldehydes is 1. The van der Waals surface area contributed by atoms with Crippen LogP contribution in [0.15, 0.2) is 39.8 Å². The average Bonchev–Trinajstić information content (AvgIpc) is 2.42. The Balaban J connectivity index is 2.69. The third-order valence-corrected chi connectivity index (χ3v) is 3.26. The van der Waals surface area contributed by atoms with Crippen molar-refractivity contribution in [1.29, 1.82) is 0 Å². The molecule has 0 aliphatic carbocycles. The van der Waals surface area contributed by atoms with Crippen molar-refractivity contribution in [3.8, 4) is 5.75 Å². The van der Waals surface area contributed by atoms with Crippen LogP contribution in [0.1, 0.15) is 0 Å². The largest absolute Gasteiger partial charge is 0.461 e. The molecule has 0 aromatic heterocycles. The summed E-state index contributed by atoms with van der Waals surface area (Å²) in [5.74, 6) is -2.44. The highest BCUT2D eigenvalue weighted by Crippen LogP contribution is 2.28. The summed E-state index contributed by atoms with van der Waals surface area (Å²) in [5, 5.41) is 0. The topological polar surface area (TPSA) is 69.7 Å². The SMILES string of the molecule is C=CC(=O)OCC(C=O)C(=O)Oc1ccc(Br)cc1Br. The zero-order valence-corrected chi connectivity index (χ0v) is 13.3. The van der Waals surface area contributed by atoms with Crippen LogP contribution in [0.3, 0.4) is 0 Å². The van der Waals surface area contributed by atoms with Crippen molar-refractivity contribution < 1.29 is 23.9 Å². The maximum atomic E-state index is 11.8. The van der Waals surface area contributed by atoms with Gasteiger partial charge in [0.05, 0.1) is 4.47 Å². The van der Waals surface area contributed by atoms with E-state index < -0.39 is 17.9 Å². The van der Waals surface area contributed by atoms with E-state index in [0.29, 0.717) is 10.8 Å². The number of ether oxygens (including phenoxy) is 2. The Kier molecular flexibility index (Phi) is 6.60. The molecule has 1 atom stereocenters. The van der Waals surface area contributed by atoms with Crippen LogP contribution < -0.4 is 4.74 Å². The predicted molar refractivity (Wildman–Crippen MR) is 78.2 cm³/mol. The molecule has 1 rings (SSSR count). The average molecular weight is 406 g/mol. The summed E-state index contributed by atoms with van der Waals surface area (Å²) in [6, 6.07) is 4.93. The first-order valence-electron chi connectivity index (χ1n) is 5.39. The fourth-order valence-electron chi connectivity index (χ4n) is 1.14. The summed E-state index contributed by atoms with van der Waals surface area (Å²) in [4.78, 5) is 33.5. The Labute approximate surface area is 132 Å². The lowest BCUT2D eigenvalue weighted by molar-refractivity contribution is -0.147. The molecule has 0 fully saturated rings. The Morgan fingerprint density at radius 2 is 2.05 bits per heavy atom. The Bertz CT molecular complexity index is 542. The first-order chi connectivity index (χ1) is 9.47. The van der Waals surface area contributed by atoms with Crippen LogP contribution in [0.25, 0.3) is 0 Å². The van der Waals surface area contributed by atoms with Crippen molar-refractivity contribution >= 4 is 50.1 Å². The van der Waals surface area contributed by atoms with E-state index >= 15 is 0 Å². The highest BCUT2D eigenvalue weighted by atomic mass is 79.9. The number of esters is 2. The van der Waals surface area contributed by atoms with Crippen molar-refractivity contribution in [3.63, 3.8) is 0 Å². The molecule has 0 radical (unpaired) electrons. The van der Waals surface area contributed by atoms with Gasteiger partial charge in [-0.1, -0.05) is 22.5 Å². The molecule has 0 amide bonds. The van der Waals surface area contributed by atoms with E-state index in [0.717, 1.165) is 10.5 Å². The van der Waals surface area contributed by atoms with E-state index in [1.165, 1.54) is 0 Å². The van der Waals surface area contributed by atoms with Gasteiger partial charge >= 0.3 is 11.9 Å². The number of rotatable bonds is 6. The molecule has 0 N–H and O–H groups in total. The molecule has 7 heteroatoms. The minimum Gasteiger partial charge on any atom is -0.461 e. The van der Waals surface area contributed by atoms with Gasteiger partial charge in [0, 0.05) is 10.5 Å². The quantitative estimate of drug-likeness (QED) is 0.239. The van der Waals surface area contributed by atoms with Crippen LogP contribution >= 0.6 is 31.9 Å². The molecule has 0 bridgehead atoms. The number of halogens is 2. The van der Waals surface area contributed by atoms with Gasteiger partial charge in [-0.15, -0.1) is 0 Å². The van der Waals surface area contributed by atoms with Gasteiger partial charge in [0.25, 0.3) is 0 Å². The van der Waals surface area contributed by atoms with Gasteiger partial charge in [-0.05, 0) is 34.1 Å². The second-order valence-electron chi connectivity index (χ2n) is 3.57. The van der Waals surface area contributed by atoms with E-state index in [1.807, 2.05) is 0 Å². The lowest BCUT2D eigenvalue weighted by Gasteiger charge is -2.11. The van der Waals surface area contributed by atoms with Gasteiger partial charge in [0.15, 0.2) is 0 Å². The molecule has 0 heterocycles. The Hall–Kier alpha value is -1.47. The van der Waals surface area contributed by atoms with Crippen molar-refractivity contribution in [3.05, 3.63) is 39.8 Å². The molecule has 0 aliphatic heterocycles. The van der Waals surface area contributed by atoms with Gasteiger partial charge in [0.2, 0.25) is 0 Å². The van der Waals surface area contributed by atoms with Crippen LogP contribution in [0.4, 0.5) is 0 Å². The Morgan fingerprint density at radius 1 is 1.35 bits per heavy atom. The molecule has 0 spiro atoms. The standard InChI is InChI=1S/C13H10Br2O5/c1-2-12(17)19-7-8(6-16)13(18)20-11-4-3-9(14)5-10(11)15/h2-6,8H,1,7H2. The van der Waals surface area contributed by atoms with E-state index in [2.05, 4.69) is 43.2 Å². The van der Waals surface area contributed by atoms with Gasteiger partial charge in [-0.25, -0.2) is 4.79 Å². The second-order valence-corrected chi connectivity index (χ2v) is 5.34. The maximum absolute atomic E-state index is 11.8. The minimum atomic E-state index is -1.19. The molecule has 1 aromatic carbocycles. The molecule has 0 aliphatic rings. The Morgan fingerprint density at radius 3 is 2.60 bits per heavy atom. The zero-order chi connectivity index (χ0) is 15.1. The first kappa shape index (κ1) is 16.6. The van der Waals surface area contributed by atoms with Crippen molar-refractivity contribution in [2.24, 2.45) is 5.92 Å². The monoisotopic (exact) mass is 404 g/mol. The number of hydrogen-bond donors (Lipinski definition) is 0. The minimum absolute atomic E-state index is 0.264. The van der Waals surface area contributed by atoms with Crippen molar-refractivity contribution in [1.82, 2.24) is 0 Å². The van der Waals surface area contributed by atoms with Gasteiger partial charge in [-0.3, -0.25) is 4.79 Å². The first-order valence-corrected chi connectivity index (χ1v) is 6.97. The van der Waals surface area contributed by atoms with Gasteiger partial charge < -0.3 is 14.3 Å². The summed E-state index contributed by atoms with van der Waals surface area (Å²) in [6.07, 6.45) is 1.31. The van der Waals surface area contributed by atoms with E-state index in [-0.39, 0.29) is 12.4 Å². The molecule has 20 heavy (non-hydrogen) atoms. The molecule has 1 unspecified atom stereocenters. The summed E-state index contributed by atoms with van der Waals surface area (Å²) < 4.78 is 11.1. The van der Waals surface area contributed by atoms with Crippen molar-refractivity contribution in [2.75, 3.05) is 6.61 Å². The van der Waals surface area contributed by atoms with Crippen LogP contribution in [0, 0.1) is 5.92 Å². The molecule has 0 saturated heterocycles. The second kappa shape index (κ2) is 7.96. The summed E-state index contributed by atoms with van der Waals surface area (Å²) >= 11 is 6.49. The number of carbonyl (C=O) groups excluding carboxylic acids is 3. The van der Waals surface area contributed by atoms with E-state index in [4.69, 9.17) is 4.74 Å². The fourth-order valence-corrected chi connectivity index (χ4v) is 2.26. The molecule has 1 aromatic rings. The smallest absolute Gasteiger partial charge is 0.330 e. The van der Waals surface area contributed by atoms with Crippen LogP contribution in [-0.4, -0.2) is 24.8 Å². The van der Waals surface area contributed by atoms with Crippen LogP contribution in [0.2, 0.25) is 0 Å². The third-order valence-electron chi connectivity index (χ3n) is 2.14. The third kappa shape index (κ3) is 4.90. The molecular weight excluding hydrogens is 396 g/mol. The molecular formula is C13H10Br2O5. The van der Waals surface area contributed by atoms with Gasteiger partial charge in [-0.2, -0.15) is 0 Å². The summed E-state index contributed by atoms with van der Waals surface area (Å²) in [6.45, 7) is 2.82. The zero-order valence-electron chi connectivity index (χ0n) is 10.2. The lowest BCUT2D eigenvalue weighted by Crippen LogP contribution is -2.27. The van der Waals surface area contributed by atoms with E-state index in [9.17, 15) is 14.4 Å². The highest BCUT2D eigenvalue weighted by Gasteiger charge is 2.22. The number of carbonyl (C=O) groups is 3. The van der Waals surface area contributed by atoms with Crippen LogP contribution in [0.5, 0.6) is 5.75 Å². The molecule has 5 nitrogen and oxygen atoms in total. The van der Waals surface area contributed by atoms with Gasteiger partial charge in [0.1, 0.15) is 24.6 Å². The number of hydrogen-bond acceptors (Lipinski definition) is 5. The summed E-state index contributed by atoms with van der Waals surface area (Å²) in [5.41, 5.74) is 0. The van der Waals surface area contributed by atoms with Crippen molar-refractivity contribution in [2.45, 2.75) is 0 Å². The number of benzene rings is 1.